The van der Waals surface area contributed by atoms with Crippen LogP contribution in [0.2, 0.25) is 0 Å². The zero-order valence-electron chi connectivity index (χ0n) is 18.3. The molecule has 1 amide bonds. The van der Waals surface area contributed by atoms with Crippen molar-refractivity contribution in [1.29, 1.82) is 0 Å². The smallest absolute Gasteiger partial charge is 0.272 e. The van der Waals surface area contributed by atoms with Gasteiger partial charge in [-0.25, -0.2) is 4.68 Å². The number of fused-ring (bicyclic) bond motifs is 2. The normalized spacial score (nSPS) is 24.9. The Morgan fingerprint density at radius 1 is 1.07 bits per heavy atom. The standard InChI is InChI=1S/C25H30N4O/c1-24(2)14-19-15-25(3,16-24)17-28(19)23(30)22-13-20(21-11-8-12-27(21)4)26-29(22)18-9-6-5-7-10-18/h5-13,19H,14-17H2,1-4H3. The van der Waals surface area contributed by atoms with Crippen molar-refractivity contribution in [2.24, 2.45) is 17.9 Å². The molecule has 0 spiro atoms. The van der Waals surface area contributed by atoms with E-state index in [2.05, 4.69) is 25.7 Å². The molecule has 1 saturated carbocycles. The molecule has 2 aliphatic rings. The van der Waals surface area contributed by atoms with Crippen molar-refractivity contribution in [3.8, 4) is 17.1 Å². The van der Waals surface area contributed by atoms with Gasteiger partial charge in [-0.15, -0.1) is 0 Å². The average Bonchev–Trinajstić information content (AvgIpc) is 3.36. The van der Waals surface area contributed by atoms with Gasteiger partial charge in [-0.05, 0) is 60.4 Å². The number of hydrogen-bond acceptors (Lipinski definition) is 2. The molecular formula is C25H30N4O. The molecular weight excluding hydrogens is 372 g/mol. The van der Waals surface area contributed by atoms with E-state index >= 15 is 0 Å². The van der Waals surface area contributed by atoms with Gasteiger partial charge in [0.25, 0.3) is 5.91 Å². The number of nitrogens with zero attached hydrogens (tertiary/aromatic N) is 4. The van der Waals surface area contributed by atoms with E-state index < -0.39 is 0 Å². The van der Waals surface area contributed by atoms with Gasteiger partial charge in [0.15, 0.2) is 0 Å². The number of aryl methyl sites for hydroxylation is 1. The predicted molar refractivity (Wildman–Crippen MR) is 119 cm³/mol. The minimum Gasteiger partial charge on any atom is -0.349 e. The summed E-state index contributed by atoms with van der Waals surface area (Å²) in [5.74, 6) is 0.0956. The van der Waals surface area contributed by atoms with Crippen molar-refractivity contribution in [3.05, 3.63) is 60.4 Å². The number of likely N-dealkylation sites (tertiary alicyclic amines) is 1. The maximum absolute atomic E-state index is 13.9. The second-order valence-electron chi connectivity index (χ2n) is 10.3. The largest absolute Gasteiger partial charge is 0.349 e. The van der Waals surface area contributed by atoms with Crippen LogP contribution < -0.4 is 0 Å². The Morgan fingerprint density at radius 3 is 2.53 bits per heavy atom. The maximum atomic E-state index is 13.9. The molecule has 1 aliphatic carbocycles. The zero-order valence-corrected chi connectivity index (χ0v) is 18.3. The van der Waals surface area contributed by atoms with E-state index in [1.54, 1.807) is 0 Å². The van der Waals surface area contributed by atoms with E-state index in [-0.39, 0.29) is 16.7 Å². The molecule has 1 aliphatic heterocycles. The van der Waals surface area contributed by atoms with Crippen LogP contribution in [0.25, 0.3) is 17.1 Å². The molecule has 0 N–H and O–H groups in total. The van der Waals surface area contributed by atoms with Gasteiger partial charge in [-0.2, -0.15) is 5.10 Å². The van der Waals surface area contributed by atoms with Gasteiger partial charge < -0.3 is 9.47 Å². The van der Waals surface area contributed by atoms with Gasteiger partial charge in [0.2, 0.25) is 0 Å². The Balaban J connectivity index is 1.57. The number of carbonyl (C=O) groups excluding carboxylic acids is 1. The van der Waals surface area contributed by atoms with Gasteiger partial charge in [0.05, 0.1) is 11.4 Å². The van der Waals surface area contributed by atoms with E-state index in [1.807, 2.05) is 71.0 Å². The molecule has 2 atom stereocenters. The van der Waals surface area contributed by atoms with Crippen molar-refractivity contribution in [2.45, 2.75) is 46.1 Å². The summed E-state index contributed by atoms with van der Waals surface area (Å²) in [6.45, 7) is 7.86. The molecule has 1 saturated heterocycles. The number of para-hydroxylation sites is 1. The summed E-state index contributed by atoms with van der Waals surface area (Å²) in [5, 5.41) is 4.86. The maximum Gasteiger partial charge on any atom is 0.272 e. The lowest BCUT2D eigenvalue weighted by Crippen LogP contribution is -2.38. The third-order valence-electron chi connectivity index (χ3n) is 6.81. The summed E-state index contributed by atoms with van der Waals surface area (Å²) < 4.78 is 3.86. The SMILES string of the molecule is Cn1cccc1-c1cc(C(=O)N2CC3(C)CC2CC(C)(C)C3)n(-c2ccccc2)n1. The molecule has 0 radical (unpaired) electrons. The Bertz CT molecular complexity index is 1090. The van der Waals surface area contributed by atoms with Crippen LogP contribution in [0.4, 0.5) is 0 Å². The van der Waals surface area contributed by atoms with Gasteiger partial charge in [0, 0.05) is 25.8 Å². The molecule has 5 rings (SSSR count). The summed E-state index contributed by atoms with van der Waals surface area (Å²) in [6, 6.07) is 16.3. The van der Waals surface area contributed by atoms with E-state index in [9.17, 15) is 4.79 Å². The second-order valence-corrected chi connectivity index (χ2v) is 10.3. The lowest BCUT2D eigenvalue weighted by atomic mass is 9.65. The van der Waals surface area contributed by atoms with E-state index in [0.29, 0.717) is 11.7 Å². The Labute approximate surface area is 178 Å². The van der Waals surface area contributed by atoms with Crippen LogP contribution in [0.5, 0.6) is 0 Å². The number of amides is 1. The molecule has 2 unspecified atom stereocenters. The fraction of sp³-hybridized carbons (Fsp3) is 0.440. The second kappa shape index (κ2) is 6.59. The molecule has 1 aromatic carbocycles. The molecule has 5 nitrogen and oxygen atoms in total. The minimum absolute atomic E-state index is 0.0956. The summed E-state index contributed by atoms with van der Waals surface area (Å²) in [7, 11) is 2.00. The Kier molecular flexibility index (Phi) is 4.21. The van der Waals surface area contributed by atoms with Gasteiger partial charge in [-0.3, -0.25) is 4.79 Å². The molecule has 3 aromatic rings. The van der Waals surface area contributed by atoms with Gasteiger partial charge in [-0.1, -0.05) is 39.0 Å². The van der Waals surface area contributed by atoms with Crippen molar-refractivity contribution in [3.63, 3.8) is 0 Å². The van der Waals surface area contributed by atoms with Gasteiger partial charge in [0.1, 0.15) is 11.4 Å². The lowest BCUT2D eigenvalue weighted by Gasteiger charge is -2.39. The monoisotopic (exact) mass is 402 g/mol. The van der Waals surface area contributed by atoms with Crippen LogP contribution in [0.15, 0.2) is 54.7 Å². The highest BCUT2D eigenvalue weighted by Gasteiger charge is 2.51. The van der Waals surface area contributed by atoms with Crippen molar-refractivity contribution < 1.29 is 4.79 Å². The topological polar surface area (TPSA) is 43.1 Å². The molecule has 30 heavy (non-hydrogen) atoms. The summed E-state index contributed by atoms with van der Waals surface area (Å²) in [5.41, 5.74) is 3.87. The fourth-order valence-electron chi connectivity index (χ4n) is 6.00. The van der Waals surface area contributed by atoms with E-state index in [1.165, 1.54) is 6.42 Å². The molecule has 2 bridgehead atoms. The lowest BCUT2D eigenvalue weighted by molar-refractivity contribution is 0.0699. The first-order valence-corrected chi connectivity index (χ1v) is 10.8. The highest BCUT2D eigenvalue weighted by Crippen LogP contribution is 2.52. The number of rotatable bonds is 3. The molecule has 3 heterocycles. The first-order chi connectivity index (χ1) is 14.2. The summed E-state index contributed by atoms with van der Waals surface area (Å²) in [6.07, 6.45) is 5.35. The van der Waals surface area contributed by atoms with Gasteiger partial charge >= 0.3 is 0 Å². The predicted octanol–water partition coefficient (Wildman–Crippen LogP) is 4.92. The highest BCUT2D eigenvalue weighted by atomic mass is 16.2. The first-order valence-electron chi connectivity index (χ1n) is 10.8. The quantitative estimate of drug-likeness (QED) is 0.624. The van der Waals surface area contributed by atoms with Crippen molar-refractivity contribution in [1.82, 2.24) is 19.2 Å². The number of benzene rings is 1. The van der Waals surface area contributed by atoms with Crippen molar-refractivity contribution in [2.75, 3.05) is 6.54 Å². The Hall–Kier alpha value is -2.82. The molecule has 156 valence electrons. The number of hydrogen-bond donors (Lipinski definition) is 0. The zero-order chi connectivity index (χ0) is 21.1. The van der Waals surface area contributed by atoms with Crippen LogP contribution in [0, 0.1) is 10.8 Å². The van der Waals surface area contributed by atoms with E-state index in [4.69, 9.17) is 5.10 Å². The average molecular weight is 403 g/mol. The molecule has 2 aromatic heterocycles. The van der Waals surface area contributed by atoms with Crippen LogP contribution >= 0.6 is 0 Å². The summed E-state index contributed by atoms with van der Waals surface area (Å²) >= 11 is 0. The van der Waals surface area contributed by atoms with Crippen LogP contribution in [-0.2, 0) is 7.05 Å². The fourth-order valence-corrected chi connectivity index (χ4v) is 6.00. The molecule has 5 heteroatoms. The third kappa shape index (κ3) is 3.17. The highest BCUT2D eigenvalue weighted by molar-refractivity contribution is 5.95. The minimum atomic E-state index is 0.0956. The summed E-state index contributed by atoms with van der Waals surface area (Å²) in [4.78, 5) is 16.0. The van der Waals surface area contributed by atoms with Crippen LogP contribution in [0.1, 0.15) is 50.5 Å². The Morgan fingerprint density at radius 2 is 1.83 bits per heavy atom. The number of aromatic nitrogens is 3. The van der Waals surface area contributed by atoms with Crippen LogP contribution in [0.3, 0.4) is 0 Å². The van der Waals surface area contributed by atoms with Crippen LogP contribution in [-0.4, -0.2) is 37.7 Å². The molecule has 2 fully saturated rings. The first kappa shape index (κ1) is 19.2. The third-order valence-corrected chi connectivity index (χ3v) is 6.81. The number of carbonyl (C=O) groups is 1. The van der Waals surface area contributed by atoms with Crippen molar-refractivity contribution >= 4 is 5.91 Å². The van der Waals surface area contributed by atoms with E-state index in [0.717, 1.165) is 36.5 Å².